The zero-order valence-corrected chi connectivity index (χ0v) is 14.4. The Labute approximate surface area is 150 Å². The second-order valence-corrected chi connectivity index (χ2v) is 7.26. The average molecular weight is 332 g/mol. The molecule has 0 spiro atoms. The highest BCUT2D eigenvalue weighted by Gasteiger charge is 2.08. The van der Waals surface area contributed by atoms with Gasteiger partial charge in [-0.05, 0) is 50.5 Å². The van der Waals surface area contributed by atoms with Crippen molar-refractivity contribution in [3.63, 3.8) is 0 Å². The van der Waals surface area contributed by atoms with E-state index in [0.717, 1.165) is 27.1 Å². The van der Waals surface area contributed by atoms with E-state index in [1.807, 2.05) is 18.3 Å². The number of hydrogen-bond acceptors (Lipinski definition) is 2. The largest absolute Gasteiger partial charge is 0.256 e. The second kappa shape index (κ2) is 5.88. The number of benzene rings is 2. The Morgan fingerprint density at radius 2 is 1.58 bits per heavy atom. The highest BCUT2D eigenvalue weighted by atomic mass is 32.1. The summed E-state index contributed by atoms with van der Waals surface area (Å²) >= 11 is 1.70. The van der Waals surface area contributed by atoms with E-state index in [9.17, 15) is 0 Å². The van der Waals surface area contributed by atoms with Crippen molar-refractivity contribution in [1.82, 2.24) is 4.98 Å². The van der Waals surface area contributed by atoms with Gasteiger partial charge in [-0.15, -0.1) is 11.3 Å². The number of hydrogen-bond donors (Lipinski definition) is 0. The van der Waals surface area contributed by atoms with Gasteiger partial charge < -0.3 is 0 Å². The lowest BCUT2D eigenvalue weighted by atomic mass is 10.0. The number of thiophene rings is 1. The summed E-state index contributed by atoms with van der Waals surface area (Å²) in [6.07, 6.45) is 1.92. The van der Waals surface area contributed by atoms with Crippen LogP contribution in [0.3, 0.4) is 0 Å². The van der Waals surface area contributed by atoms with E-state index in [-0.39, 0.29) is 0 Å². The van der Waals surface area contributed by atoms with Crippen LogP contribution in [0.25, 0.3) is 31.8 Å². The zero-order chi connectivity index (χ0) is 19.2. The van der Waals surface area contributed by atoms with Crippen LogP contribution < -0.4 is 0 Å². The molecule has 0 N–H and O–H groups in total. The van der Waals surface area contributed by atoms with E-state index in [2.05, 4.69) is 49.2 Å². The van der Waals surface area contributed by atoms with E-state index >= 15 is 0 Å². The van der Waals surface area contributed by atoms with Crippen LogP contribution in [0.4, 0.5) is 0 Å². The van der Waals surface area contributed by atoms with Gasteiger partial charge in [0.05, 0.1) is 5.69 Å². The highest BCUT2D eigenvalue weighted by molar-refractivity contribution is 7.22. The molecule has 0 bridgehead atoms. The maximum absolute atomic E-state index is 7.50. The molecule has 0 unspecified atom stereocenters. The molecule has 2 aromatic heterocycles. The third kappa shape index (κ3) is 2.85. The molecule has 0 fully saturated rings. The summed E-state index contributed by atoms with van der Waals surface area (Å²) in [4.78, 5) is 5.76. The van der Waals surface area contributed by atoms with Crippen LogP contribution in [0.5, 0.6) is 0 Å². The van der Waals surface area contributed by atoms with Crippen molar-refractivity contribution in [3.8, 4) is 21.7 Å². The molecule has 0 amide bonds. The Morgan fingerprint density at radius 1 is 0.833 bits per heavy atom. The van der Waals surface area contributed by atoms with Crippen molar-refractivity contribution in [1.29, 1.82) is 0 Å². The normalized spacial score (nSPS) is 13.5. The Bertz CT molecular complexity index is 1100. The van der Waals surface area contributed by atoms with Gasteiger partial charge in [0, 0.05) is 30.8 Å². The molecule has 2 heteroatoms. The van der Waals surface area contributed by atoms with Crippen molar-refractivity contribution in [2.45, 2.75) is 20.7 Å². The smallest absolute Gasteiger partial charge is 0.0716 e. The topological polar surface area (TPSA) is 12.9 Å². The number of aryl methyl sites for hydroxylation is 3. The molecule has 0 aliphatic heterocycles. The Kier molecular flexibility index (Phi) is 2.94. The maximum Gasteiger partial charge on any atom is 0.0716 e. The van der Waals surface area contributed by atoms with E-state index in [1.54, 1.807) is 23.5 Å². The molecule has 0 atom stereocenters. The summed E-state index contributed by atoms with van der Waals surface area (Å²) in [7, 11) is 0. The monoisotopic (exact) mass is 332 g/mol. The average Bonchev–Trinajstić information content (AvgIpc) is 3.03. The number of pyridine rings is 1. The highest BCUT2D eigenvalue weighted by Crippen LogP contribution is 2.35. The lowest BCUT2D eigenvalue weighted by Crippen LogP contribution is -1.85. The molecule has 2 heterocycles. The van der Waals surface area contributed by atoms with E-state index in [1.165, 1.54) is 15.8 Å². The molecule has 0 aliphatic carbocycles. The van der Waals surface area contributed by atoms with Gasteiger partial charge in [-0.2, -0.15) is 0 Å². The number of aromatic nitrogens is 1. The van der Waals surface area contributed by atoms with Crippen molar-refractivity contribution >= 4 is 21.4 Å². The van der Waals surface area contributed by atoms with Crippen LogP contribution in [0.15, 0.2) is 60.8 Å². The van der Waals surface area contributed by atoms with Gasteiger partial charge in [-0.1, -0.05) is 47.0 Å². The summed E-state index contributed by atoms with van der Waals surface area (Å²) in [5.74, 6) is 0. The fourth-order valence-corrected chi connectivity index (χ4v) is 4.07. The fraction of sp³-hybridized carbons (Fsp3) is 0.136. The molecule has 4 aromatic rings. The van der Waals surface area contributed by atoms with Gasteiger partial charge in [0.1, 0.15) is 0 Å². The lowest BCUT2D eigenvalue weighted by molar-refractivity contribution is 1.33. The van der Waals surface area contributed by atoms with Crippen molar-refractivity contribution in [2.75, 3.05) is 0 Å². The number of rotatable bonds is 2. The SMILES string of the molecule is [2H]C([2H])([2H])c1ccc(-c2cc3cnc(-c4cc(C)cc(C)c4)cc3s2)cc1. The maximum atomic E-state index is 7.50. The molecule has 4 rings (SSSR count). The van der Waals surface area contributed by atoms with Crippen LogP contribution in [0.2, 0.25) is 0 Å². The minimum Gasteiger partial charge on any atom is -0.256 e. The Hall–Kier alpha value is -2.45. The molecule has 24 heavy (non-hydrogen) atoms. The van der Waals surface area contributed by atoms with E-state index < -0.39 is 6.85 Å². The van der Waals surface area contributed by atoms with Gasteiger partial charge in [0.25, 0.3) is 0 Å². The lowest BCUT2D eigenvalue weighted by Gasteiger charge is -2.04. The van der Waals surface area contributed by atoms with Crippen molar-refractivity contribution in [3.05, 3.63) is 77.5 Å². The van der Waals surface area contributed by atoms with Gasteiger partial charge in [0.15, 0.2) is 0 Å². The predicted octanol–water partition coefficient (Wildman–Crippen LogP) is 6.56. The minimum absolute atomic E-state index is 0.367. The quantitative estimate of drug-likeness (QED) is 0.405. The zero-order valence-electron chi connectivity index (χ0n) is 16.6. The first-order valence-corrected chi connectivity index (χ1v) is 8.70. The standard InChI is InChI=1S/C22H19NS/c1-14-4-6-17(7-5-14)21-11-19-13-23-20(12-22(19)24-21)18-9-15(2)8-16(3)10-18/h4-13H,1-3H3/i1D3. The van der Waals surface area contributed by atoms with Gasteiger partial charge in [-0.25, -0.2) is 0 Å². The van der Waals surface area contributed by atoms with E-state index in [0.29, 0.717) is 5.56 Å². The third-order valence-electron chi connectivity index (χ3n) is 4.09. The first kappa shape index (κ1) is 12.0. The molecule has 0 saturated heterocycles. The van der Waals surface area contributed by atoms with Crippen LogP contribution in [-0.4, -0.2) is 4.98 Å². The van der Waals surface area contributed by atoms with Crippen LogP contribution in [0.1, 0.15) is 20.8 Å². The molecule has 118 valence electrons. The first-order chi connectivity index (χ1) is 12.8. The number of fused-ring (bicyclic) bond motifs is 1. The number of nitrogens with zero attached hydrogens (tertiary/aromatic N) is 1. The minimum atomic E-state index is -2.07. The van der Waals surface area contributed by atoms with Crippen LogP contribution in [0, 0.1) is 20.7 Å². The van der Waals surface area contributed by atoms with Crippen molar-refractivity contribution in [2.24, 2.45) is 0 Å². The second-order valence-electron chi connectivity index (χ2n) is 6.17. The summed E-state index contributed by atoms with van der Waals surface area (Å²) in [6.45, 7) is 2.13. The molecular weight excluding hydrogens is 310 g/mol. The Morgan fingerprint density at radius 3 is 2.29 bits per heavy atom. The summed E-state index contributed by atoms with van der Waals surface area (Å²) in [6, 6.07) is 17.9. The van der Waals surface area contributed by atoms with Crippen molar-refractivity contribution < 1.29 is 4.11 Å². The van der Waals surface area contributed by atoms with Crippen LogP contribution >= 0.6 is 11.3 Å². The van der Waals surface area contributed by atoms with Gasteiger partial charge in [-0.3, -0.25) is 4.98 Å². The summed E-state index contributed by atoms with van der Waals surface area (Å²) in [5, 5.41) is 1.10. The molecule has 1 nitrogen and oxygen atoms in total. The summed E-state index contributed by atoms with van der Waals surface area (Å²) in [5.41, 5.74) is 5.95. The molecular formula is C22H19NS. The molecule has 0 saturated carbocycles. The third-order valence-corrected chi connectivity index (χ3v) is 5.24. The first-order valence-electron chi connectivity index (χ1n) is 9.39. The summed E-state index contributed by atoms with van der Waals surface area (Å²) < 4.78 is 23.7. The van der Waals surface area contributed by atoms with Crippen LogP contribution in [-0.2, 0) is 0 Å². The molecule has 0 radical (unpaired) electrons. The molecule has 2 aromatic carbocycles. The van der Waals surface area contributed by atoms with E-state index in [4.69, 9.17) is 4.11 Å². The van der Waals surface area contributed by atoms with Gasteiger partial charge in [0.2, 0.25) is 0 Å². The van der Waals surface area contributed by atoms with Gasteiger partial charge >= 0.3 is 0 Å². The fourth-order valence-electron chi connectivity index (χ4n) is 2.99. The molecule has 0 aliphatic rings. The Balaban J connectivity index is 1.72. The predicted molar refractivity (Wildman–Crippen MR) is 105 cm³/mol.